The van der Waals surface area contributed by atoms with Crippen LogP contribution in [0.15, 0.2) is 0 Å². The molecule has 0 aromatic carbocycles. The number of carbonyl (C=O) groups excluding carboxylic acids is 3. The lowest BCUT2D eigenvalue weighted by molar-refractivity contribution is -0.556. The molecule has 95 heavy (non-hydrogen) atoms. The molecule has 0 aliphatic heterocycles. The van der Waals surface area contributed by atoms with Crippen molar-refractivity contribution < 1.29 is 241 Å². The highest BCUT2D eigenvalue weighted by Gasteiger charge is 3.25. The number of aliphatic hydroxyl groups is 3. The molecule has 12 fully saturated rings. The summed E-state index contributed by atoms with van der Waals surface area (Å²) in [6.45, 7) is -14.4. The van der Waals surface area contributed by atoms with Gasteiger partial charge in [0.15, 0.2) is 0 Å². The second-order valence-corrected chi connectivity index (χ2v) is 23.2. The number of rotatable bonds is 15. The predicted octanol–water partition coefficient (Wildman–Crippen LogP) is 9.98. The smallest absolute Gasteiger partial charge is 0.390 e. The SMILES string of the molecule is CC(C(O)COC(F)(F)C1(F)C2(F)C(=O)C3(F)C(F)(F)C(F)(C2(F)F)C(F)(F)C1(F)C3(F)F)(C(O)COC(F)(F)C1(F)C2(F)C(=O)C3(F)C(F)(F)C(F)(C2(F)F)C(F)(F)C1(F)C3(F)F)C(O)COC(F)(F)C1(F)C2(F)C(=O)C3(F)C(F)(F)C(F)(C2(F)F)C(F)(F)C1(F)C3(F)F. The lowest BCUT2D eigenvalue weighted by Gasteiger charge is -2.72. The van der Waals surface area contributed by atoms with E-state index in [9.17, 15) is 56.0 Å². The zero-order valence-corrected chi connectivity index (χ0v) is 42.7. The van der Waals surface area contributed by atoms with E-state index < -0.39 is 242 Å². The average Bonchev–Trinajstić information content (AvgIpc) is 0.608. The van der Waals surface area contributed by atoms with Crippen LogP contribution in [0.25, 0.3) is 0 Å². The number of alkyl halides is 45. The summed E-state index contributed by atoms with van der Waals surface area (Å²) < 4.78 is 710. The number of halogens is 45. The van der Waals surface area contributed by atoms with Crippen molar-refractivity contribution in [1.82, 2.24) is 0 Å². The number of ketones is 3. The molecule has 12 aliphatic rings. The van der Waals surface area contributed by atoms with E-state index in [2.05, 4.69) is 14.2 Å². The third-order valence-electron chi connectivity index (χ3n) is 19.7. The summed E-state index contributed by atoms with van der Waals surface area (Å²) in [5, 5.41) is 32.4. The van der Waals surface area contributed by atoms with Crippen molar-refractivity contribution in [2.75, 3.05) is 19.8 Å². The molecule has 0 heterocycles. The van der Waals surface area contributed by atoms with E-state index in [0.717, 1.165) is 0 Å². The van der Waals surface area contributed by atoms with Crippen LogP contribution in [0, 0.1) is 5.41 Å². The van der Waals surface area contributed by atoms with Crippen molar-refractivity contribution >= 4 is 17.3 Å². The molecule has 18 atom stereocenters. The van der Waals surface area contributed by atoms with Crippen LogP contribution in [0.1, 0.15) is 6.92 Å². The maximum absolute atomic E-state index is 16.7. The fraction of sp³-hybridized carbons (Fsp3) is 0.927. The standard InChI is InChI=1S/C41H15F45O9/c1-11(5(87)2-93-39(81,82)18(48)12(42)8(90)15(45)30(63,64)21(18,51)36(75,76)24(54,27(12,57)58)33(15,69)70,6(88)3-94-40(83,84)19(49)13(43)9(91)16(46)31(65,66)22(19,52)37(77,78)25(55,28(13,59)60)34(16,71)72)7(89)4-95-41(85,86)20(50)14(44)10(92)17(47)32(67,68)23(20,53)38(79,80)26(56,29(14,61)62)35(17,73)74/h5-7,87-89H,2-4H2,1H3. The van der Waals surface area contributed by atoms with Gasteiger partial charge in [0, 0.05) is 0 Å². The third-order valence-corrected chi connectivity index (χ3v) is 19.7. The number of ether oxygens (including phenoxy) is 3. The Morgan fingerprint density at radius 2 is 0.400 bits per heavy atom. The van der Waals surface area contributed by atoms with Gasteiger partial charge >= 0.3 is 123 Å². The van der Waals surface area contributed by atoms with Crippen molar-refractivity contribution in [1.29, 1.82) is 0 Å². The molecule has 12 rings (SSSR count). The molecule has 0 saturated heterocycles. The average molecular weight is 1510 g/mol. The van der Waals surface area contributed by atoms with Crippen molar-refractivity contribution in [3.8, 4) is 0 Å². The summed E-state index contributed by atoms with van der Waals surface area (Å²) in [6.07, 6.45) is -42.1. The van der Waals surface area contributed by atoms with Crippen LogP contribution in [0.5, 0.6) is 0 Å². The quantitative estimate of drug-likeness (QED) is 0.137. The second kappa shape index (κ2) is 16.6. The summed E-state index contributed by atoms with van der Waals surface area (Å²) in [4.78, 5) is 37.4. The van der Waals surface area contributed by atoms with Crippen LogP contribution in [-0.4, -0.2) is 245 Å². The molecule has 0 radical (unpaired) electrons. The van der Waals surface area contributed by atoms with Crippen molar-refractivity contribution in [2.24, 2.45) is 5.41 Å². The maximum atomic E-state index is 16.7. The maximum Gasteiger partial charge on any atom is 0.397 e. The lowest BCUT2D eigenvalue weighted by atomic mass is 9.38. The first-order valence-corrected chi connectivity index (χ1v) is 23.7. The molecule has 12 saturated carbocycles. The summed E-state index contributed by atoms with van der Waals surface area (Å²) in [5.41, 5.74) is -137. The van der Waals surface area contributed by atoms with E-state index in [1.807, 2.05) is 0 Å². The molecule has 0 aromatic rings. The van der Waals surface area contributed by atoms with Gasteiger partial charge in [0.25, 0.3) is 51.0 Å². The number of aliphatic hydroxyl groups excluding tert-OH is 3. The van der Waals surface area contributed by atoms with E-state index in [1.165, 1.54) is 0 Å². The van der Waals surface area contributed by atoms with Crippen LogP contribution in [0.3, 0.4) is 0 Å². The normalized spacial score (nSPS) is 50.2. The lowest BCUT2D eigenvalue weighted by Crippen LogP contribution is -3.08. The molecule has 548 valence electrons. The Hall–Kier alpha value is -4.38. The van der Waals surface area contributed by atoms with Gasteiger partial charge in [0.1, 0.15) is 0 Å². The molecule has 18 unspecified atom stereocenters. The van der Waals surface area contributed by atoms with E-state index in [-0.39, 0.29) is 0 Å². The number of hydrogen-bond acceptors (Lipinski definition) is 9. The van der Waals surface area contributed by atoms with Gasteiger partial charge in [-0.05, 0) is 0 Å². The highest BCUT2D eigenvalue weighted by atomic mass is 19.4. The number of Topliss-reactive ketones (excluding diaryl/α,β-unsaturated/α-hetero) is 3. The van der Waals surface area contributed by atoms with Crippen LogP contribution in [0.2, 0.25) is 0 Å². The zero-order chi connectivity index (χ0) is 75.2. The van der Waals surface area contributed by atoms with Gasteiger partial charge in [-0.2, -0.15) is 132 Å². The molecular formula is C41H15F45O9. The van der Waals surface area contributed by atoms with Crippen LogP contribution >= 0.6 is 0 Å². The minimum absolute atomic E-state index is 1.33. The number of carbonyl (C=O) groups is 3. The van der Waals surface area contributed by atoms with E-state index in [0.29, 0.717) is 0 Å². The van der Waals surface area contributed by atoms with Crippen LogP contribution in [0.4, 0.5) is 198 Å². The van der Waals surface area contributed by atoms with Crippen molar-refractivity contribution in [3.63, 3.8) is 0 Å². The summed E-state index contributed by atoms with van der Waals surface area (Å²) in [6, 6.07) is 0. The first-order chi connectivity index (χ1) is 41.1. The highest BCUT2D eigenvalue weighted by Crippen LogP contribution is 2.90. The Morgan fingerprint density at radius 1 is 0.263 bits per heavy atom. The Morgan fingerprint density at radius 3 is 0.558 bits per heavy atom. The van der Waals surface area contributed by atoms with Gasteiger partial charge in [-0.1, -0.05) is 6.92 Å². The summed E-state index contributed by atoms with van der Waals surface area (Å²) >= 11 is 0. The van der Waals surface area contributed by atoms with Gasteiger partial charge < -0.3 is 29.5 Å². The fourth-order valence-corrected chi connectivity index (χ4v) is 14.2. The van der Waals surface area contributed by atoms with Crippen molar-refractivity contribution in [2.45, 2.75) is 200 Å². The first kappa shape index (κ1) is 74.8. The minimum Gasteiger partial charge on any atom is -0.390 e. The molecule has 9 nitrogen and oxygen atoms in total. The van der Waals surface area contributed by atoms with E-state index in [1.54, 1.807) is 0 Å². The molecule has 0 spiro atoms. The van der Waals surface area contributed by atoms with Gasteiger partial charge in [-0.3, -0.25) is 14.4 Å². The predicted molar refractivity (Wildman–Crippen MR) is 191 cm³/mol. The monoisotopic (exact) mass is 1510 g/mol. The van der Waals surface area contributed by atoms with Gasteiger partial charge in [0.2, 0.25) is 17.3 Å². The van der Waals surface area contributed by atoms with Crippen LogP contribution < -0.4 is 0 Å². The molecule has 12 aliphatic carbocycles. The van der Waals surface area contributed by atoms with E-state index >= 15 is 171 Å². The Balaban J connectivity index is 1.18. The van der Waals surface area contributed by atoms with E-state index in [4.69, 9.17) is 0 Å². The first-order valence-electron chi connectivity index (χ1n) is 23.7. The Kier molecular flexibility index (Phi) is 13.1. The van der Waals surface area contributed by atoms with Crippen molar-refractivity contribution in [3.05, 3.63) is 0 Å². The molecule has 12 bridgehead atoms. The molecule has 0 aromatic heterocycles. The topological polar surface area (TPSA) is 140 Å². The summed E-state index contributed by atoms with van der Waals surface area (Å²) in [7, 11) is 0. The largest absolute Gasteiger partial charge is 0.397 e. The van der Waals surface area contributed by atoms with Gasteiger partial charge in [-0.25, -0.2) is 65.9 Å². The summed E-state index contributed by atoms with van der Waals surface area (Å²) in [5.74, 6) is -123. The molecule has 0 amide bonds. The molecular weight excluding hydrogens is 1490 g/mol. The molecule has 54 heteroatoms. The fourth-order valence-electron chi connectivity index (χ4n) is 14.2. The molecule has 3 N–H and O–H groups in total. The Bertz CT molecular complexity index is 3110. The second-order valence-electron chi connectivity index (χ2n) is 23.2. The van der Waals surface area contributed by atoms with Gasteiger partial charge in [-0.15, -0.1) is 0 Å². The van der Waals surface area contributed by atoms with Crippen LogP contribution in [-0.2, 0) is 28.6 Å². The third kappa shape index (κ3) is 5.18. The minimum atomic E-state index is -9.10. The van der Waals surface area contributed by atoms with Gasteiger partial charge in [0.05, 0.1) is 43.5 Å². The zero-order valence-electron chi connectivity index (χ0n) is 42.7. The Labute approximate surface area is 484 Å². The number of hydrogen-bond donors (Lipinski definition) is 3. The highest BCUT2D eigenvalue weighted by molar-refractivity contribution is 6.06.